The summed E-state index contributed by atoms with van der Waals surface area (Å²) >= 11 is 0. The van der Waals surface area contributed by atoms with Crippen LogP contribution in [0.1, 0.15) is 30.4 Å². The van der Waals surface area contributed by atoms with E-state index in [1.54, 1.807) is 0 Å². The molecule has 3 heterocycles. The number of aryl methyl sites for hydroxylation is 2. The topological polar surface area (TPSA) is 47.7 Å². The first-order valence-electron chi connectivity index (χ1n) is 6.52. The standard InChI is InChI=1S/C13H19N5/c1-17-7-4-15-12(17)10-14-9-11-3-2-6-18-8-5-16-13(11)18/h4-5,7-8,11,14H,2-3,6,9-10H2,1H3/t11-/m1/s1. The van der Waals surface area contributed by atoms with E-state index >= 15 is 0 Å². The van der Waals surface area contributed by atoms with Gasteiger partial charge in [0.2, 0.25) is 0 Å². The van der Waals surface area contributed by atoms with E-state index < -0.39 is 0 Å². The number of hydrogen-bond donors (Lipinski definition) is 1. The zero-order valence-electron chi connectivity index (χ0n) is 10.7. The van der Waals surface area contributed by atoms with Crippen molar-refractivity contribution in [3.63, 3.8) is 0 Å². The molecule has 3 rings (SSSR count). The summed E-state index contributed by atoms with van der Waals surface area (Å²) < 4.78 is 4.32. The van der Waals surface area contributed by atoms with Crippen molar-refractivity contribution in [3.05, 3.63) is 36.4 Å². The molecule has 1 aliphatic rings. The van der Waals surface area contributed by atoms with E-state index in [1.165, 1.54) is 18.7 Å². The van der Waals surface area contributed by atoms with Crippen molar-refractivity contribution in [2.45, 2.75) is 31.8 Å². The van der Waals surface area contributed by atoms with Crippen molar-refractivity contribution in [1.82, 2.24) is 24.4 Å². The second kappa shape index (κ2) is 4.94. The first-order valence-corrected chi connectivity index (χ1v) is 6.52. The van der Waals surface area contributed by atoms with Gasteiger partial charge in [-0.1, -0.05) is 0 Å². The van der Waals surface area contributed by atoms with Gasteiger partial charge in [-0.15, -0.1) is 0 Å². The summed E-state index contributed by atoms with van der Waals surface area (Å²) in [6.45, 7) is 2.91. The number of fused-ring (bicyclic) bond motifs is 1. The molecule has 18 heavy (non-hydrogen) atoms. The lowest BCUT2D eigenvalue weighted by atomic mass is 9.99. The third kappa shape index (κ3) is 2.18. The average molecular weight is 245 g/mol. The molecule has 0 radical (unpaired) electrons. The zero-order valence-corrected chi connectivity index (χ0v) is 10.7. The molecule has 2 aromatic heterocycles. The van der Waals surface area contributed by atoms with Gasteiger partial charge in [-0.05, 0) is 12.8 Å². The summed E-state index contributed by atoms with van der Waals surface area (Å²) in [5, 5.41) is 3.49. The van der Waals surface area contributed by atoms with Crippen molar-refractivity contribution in [3.8, 4) is 0 Å². The monoisotopic (exact) mass is 245 g/mol. The number of imidazole rings is 2. The highest BCUT2D eigenvalue weighted by atomic mass is 15.1. The van der Waals surface area contributed by atoms with Gasteiger partial charge in [-0.3, -0.25) is 0 Å². The van der Waals surface area contributed by atoms with E-state index in [2.05, 4.69) is 30.6 Å². The summed E-state index contributed by atoms with van der Waals surface area (Å²) in [5.41, 5.74) is 0. The molecule has 5 heteroatoms. The molecule has 0 saturated carbocycles. The fraction of sp³-hybridized carbons (Fsp3) is 0.538. The molecule has 0 aliphatic carbocycles. The van der Waals surface area contributed by atoms with Gasteiger partial charge in [0.1, 0.15) is 11.6 Å². The lowest BCUT2D eigenvalue weighted by Crippen LogP contribution is -2.27. The summed E-state index contributed by atoms with van der Waals surface area (Å²) in [7, 11) is 2.03. The fourth-order valence-corrected chi connectivity index (χ4v) is 2.63. The summed E-state index contributed by atoms with van der Waals surface area (Å²) in [4.78, 5) is 8.79. The lowest BCUT2D eigenvalue weighted by Gasteiger charge is -2.23. The average Bonchev–Trinajstić information content (AvgIpc) is 2.99. The van der Waals surface area contributed by atoms with Crippen LogP contribution in [0.15, 0.2) is 24.8 Å². The van der Waals surface area contributed by atoms with E-state index in [9.17, 15) is 0 Å². The maximum Gasteiger partial charge on any atom is 0.122 e. The van der Waals surface area contributed by atoms with Crippen molar-refractivity contribution >= 4 is 0 Å². The maximum absolute atomic E-state index is 4.47. The van der Waals surface area contributed by atoms with Crippen LogP contribution < -0.4 is 5.32 Å². The van der Waals surface area contributed by atoms with Gasteiger partial charge in [0.05, 0.1) is 6.54 Å². The van der Waals surface area contributed by atoms with Crippen LogP contribution in [0.3, 0.4) is 0 Å². The summed E-state index contributed by atoms with van der Waals surface area (Å²) in [5.74, 6) is 2.84. The van der Waals surface area contributed by atoms with Crippen molar-refractivity contribution < 1.29 is 0 Å². The van der Waals surface area contributed by atoms with Gasteiger partial charge >= 0.3 is 0 Å². The van der Waals surface area contributed by atoms with Gasteiger partial charge in [0.25, 0.3) is 0 Å². The van der Waals surface area contributed by atoms with Crippen molar-refractivity contribution in [1.29, 1.82) is 0 Å². The minimum Gasteiger partial charge on any atom is -0.337 e. The molecule has 96 valence electrons. The molecule has 1 N–H and O–H groups in total. The molecular formula is C13H19N5. The molecule has 0 bridgehead atoms. The Morgan fingerprint density at radius 2 is 2.22 bits per heavy atom. The number of nitrogens with zero attached hydrogens (tertiary/aromatic N) is 4. The SMILES string of the molecule is Cn1ccnc1CNC[C@H]1CCCn2ccnc21. The van der Waals surface area contributed by atoms with Crippen LogP contribution in [0.5, 0.6) is 0 Å². The van der Waals surface area contributed by atoms with Gasteiger partial charge in [-0.2, -0.15) is 0 Å². The minimum atomic E-state index is 0.536. The Labute approximate surface area is 107 Å². The molecule has 1 aliphatic heterocycles. The predicted molar refractivity (Wildman–Crippen MR) is 69.1 cm³/mol. The largest absolute Gasteiger partial charge is 0.337 e. The maximum atomic E-state index is 4.47. The highest BCUT2D eigenvalue weighted by molar-refractivity contribution is 5.04. The van der Waals surface area contributed by atoms with Crippen LogP contribution in [0.2, 0.25) is 0 Å². The van der Waals surface area contributed by atoms with Gasteiger partial charge in [0.15, 0.2) is 0 Å². The van der Waals surface area contributed by atoms with Crippen molar-refractivity contribution in [2.75, 3.05) is 6.54 Å². The molecule has 0 fully saturated rings. The Hall–Kier alpha value is -1.62. The van der Waals surface area contributed by atoms with E-state index in [0.29, 0.717) is 5.92 Å². The Kier molecular flexibility index (Phi) is 3.15. The fourth-order valence-electron chi connectivity index (χ4n) is 2.63. The first kappa shape index (κ1) is 11.5. The van der Waals surface area contributed by atoms with Gasteiger partial charge in [-0.25, -0.2) is 9.97 Å². The molecule has 2 aromatic rings. The van der Waals surface area contributed by atoms with E-state index in [4.69, 9.17) is 0 Å². The van der Waals surface area contributed by atoms with Crippen LogP contribution in [0.4, 0.5) is 0 Å². The Morgan fingerprint density at radius 3 is 3.06 bits per heavy atom. The van der Waals surface area contributed by atoms with Crippen LogP contribution in [0.25, 0.3) is 0 Å². The third-order valence-corrected chi connectivity index (χ3v) is 3.66. The number of rotatable bonds is 4. The highest BCUT2D eigenvalue weighted by Gasteiger charge is 2.20. The van der Waals surface area contributed by atoms with Crippen molar-refractivity contribution in [2.24, 2.45) is 7.05 Å². The number of aromatic nitrogens is 4. The van der Waals surface area contributed by atoms with E-state index in [-0.39, 0.29) is 0 Å². The molecule has 5 nitrogen and oxygen atoms in total. The normalized spacial score (nSPS) is 18.8. The molecule has 1 atom stereocenters. The molecule has 0 aromatic carbocycles. The Morgan fingerprint density at radius 1 is 1.33 bits per heavy atom. The van der Waals surface area contributed by atoms with E-state index in [1.807, 2.05) is 25.6 Å². The smallest absolute Gasteiger partial charge is 0.122 e. The number of nitrogens with one attached hydrogen (secondary N) is 1. The van der Waals surface area contributed by atoms with Crippen LogP contribution in [-0.4, -0.2) is 25.6 Å². The third-order valence-electron chi connectivity index (χ3n) is 3.66. The first-order chi connectivity index (χ1) is 8.84. The lowest BCUT2D eigenvalue weighted by molar-refractivity contribution is 0.420. The van der Waals surface area contributed by atoms with E-state index in [0.717, 1.165) is 25.5 Å². The summed E-state index contributed by atoms with van der Waals surface area (Å²) in [6, 6.07) is 0. The Bertz CT molecular complexity index is 513. The predicted octanol–water partition coefficient (Wildman–Crippen LogP) is 1.28. The van der Waals surface area contributed by atoms with Crippen LogP contribution in [-0.2, 0) is 20.1 Å². The molecular weight excluding hydrogens is 226 g/mol. The second-order valence-corrected chi connectivity index (χ2v) is 4.90. The van der Waals surface area contributed by atoms with Crippen LogP contribution >= 0.6 is 0 Å². The minimum absolute atomic E-state index is 0.536. The molecule has 0 unspecified atom stereocenters. The zero-order chi connectivity index (χ0) is 12.4. The molecule has 0 spiro atoms. The molecule has 0 amide bonds. The quantitative estimate of drug-likeness (QED) is 0.883. The Balaban J connectivity index is 1.57. The summed E-state index contributed by atoms with van der Waals surface area (Å²) in [6.07, 6.45) is 10.3. The van der Waals surface area contributed by atoms with Crippen LogP contribution in [0, 0.1) is 0 Å². The van der Waals surface area contributed by atoms with Gasteiger partial charge < -0.3 is 14.5 Å². The number of hydrogen-bond acceptors (Lipinski definition) is 3. The highest BCUT2D eigenvalue weighted by Crippen LogP contribution is 2.24. The molecule has 0 saturated heterocycles. The second-order valence-electron chi connectivity index (χ2n) is 4.90. The van der Waals surface area contributed by atoms with Gasteiger partial charge in [0, 0.05) is 50.8 Å².